The van der Waals surface area contributed by atoms with Crippen molar-refractivity contribution < 1.29 is 18.3 Å². The van der Waals surface area contributed by atoms with Gasteiger partial charge in [-0.05, 0) is 37.5 Å². The molecule has 0 aromatic heterocycles. The van der Waals surface area contributed by atoms with Gasteiger partial charge >= 0.3 is 6.18 Å². The first-order valence-electron chi connectivity index (χ1n) is 7.40. The Kier molecular flexibility index (Phi) is 4.94. The number of benzene rings is 1. The van der Waals surface area contributed by atoms with Gasteiger partial charge in [0.05, 0.1) is 11.7 Å². The lowest BCUT2D eigenvalue weighted by Crippen LogP contribution is -2.45. The van der Waals surface area contributed by atoms with Gasteiger partial charge in [-0.15, -0.1) is 0 Å². The second-order valence-electron chi connectivity index (χ2n) is 6.14. The van der Waals surface area contributed by atoms with Crippen LogP contribution in [0.5, 0.6) is 0 Å². The van der Waals surface area contributed by atoms with Crippen LogP contribution in [0.25, 0.3) is 0 Å². The van der Waals surface area contributed by atoms with Gasteiger partial charge in [0.1, 0.15) is 0 Å². The number of hydrogen-bond donors (Lipinski definition) is 2. The van der Waals surface area contributed by atoms with Crippen LogP contribution in [0.15, 0.2) is 24.3 Å². The summed E-state index contributed by atoms with van der Waals surface area (Å²) in [7, 11) is 0. The molecule has 5 heteroatoms. The van der Waals surface area contributed by atoms with E-state index < -0.39 is 17.8 Å². The molecule has 0 bridgehead atoms. The van der Waals surface area contributed by atoms with Gasteiger partial charge < -0.3 is 10.4 Å². The lowest BCUT2D eigenvalue weighted by Gasteiger charge is -2.35. The van der Waals surface area contributed by atoms with Gasteiger partial charge in [-0.1, -0.05) is 31.4 Å². The molecule has 0 aliphatic heterocycles. The Morgan fingerprint density at radius 1 is 1.24 bits per heavy atom. The van der Waals surface area contributed by atoms with Gasteiger partial charge in [-0.2, -0.15) is 13.2 Å². The minimum Gasteiger partial charge on any atom is -0.387 e. The highest BCUT2D eigenvalue weighted by molar-refractivity contribution is 5.27. The summed E-state index contributed by atoms with van der Waals surface area (Å²) in [6.45, 7) is 2.39. The lowest BCUT2D eigenvalue weighted by atomic mass is 9.83. The summed E-state index contributed by atoms with van der Waals surface area (Å²) < 4.78 is 38.0. The normalized spacial score (nSPS) is 20.2. The number of β-amino-alcohol motifs (C(OH)–C–C–N with tert-alkyl or cyclic N) is 1. The van der Waals surface area contributed by atoms with Crippen molar-refractivity contribution in [2.75, 3.05) is 6.54 Å². The average Bonchev–Trinajstić information content (AvgIpc) is 2.45. The first-order chi connectivity index (χ1) is 9.80. The molecule has 0 spiro atoms. The molecule has 0 radical (unpaired) electrons. The standard InChI is InChI=1S/C16H22F3NO/c1-15(8-3-2-4-9-15)20-11-14(21)12-6-5-7-13(10-12)16(17,18)19/h5-7,10,14,20-21H,2-4,8-9,11H2,1H3. The minimum atomic E-state index is -4.38. The van der Waals surface area contributed by atoms with E-state index in [2.05, 4.69) is 12.2 Å². The van der Waals surface area contributed by atoms with Gasteiger partial charge in [-0.3, -0.25) is 0 Å². The summed E-state index contributed by atoms with van der Waals surface area (Å²) in [5.74, 6) is 0. The summed E-state index contributed by atoms with van der Waals surface area (Å²) >= 11 is 0. The summed E-state index contributed by atoms with van der Waals surface area (Å²) in [6.07, 6.45) is 0.328. The maximum Gasteiger partial charge on any atom is 0.416 e. The second kappa shape index (κ2) is 6.36. The largest absolute Gasteiger partial charge is 0.416 e. The lowest BCUT2D eigenvalue weighted by molar-refractivity contribution is -0.137. The molecule has 21 heavy (non-hydrogen) atoms. The molecule has 1 atom stereocenters. The fourth-order valence-electron chi connectivity index (χ4n) is 2.89. The molecule has 2 rings (SSSR count). The fraction of sp³-hybridized carbons (Fsp3) is 0.625. The Bertz CT molecular complexity index is 467. The van der Waals surface area contributed by atoms with E-state index in [9.17, 15) is 18.3 Å². The third kappa shape index (κ3) is 4.45. The molecular weight excluding hydrogens is 279 g/mol. The molecular formula is C16H22F3NO. The van der Waals surface area contributed by atoms with Crippen molar-refractivity contribution in [1.82, 2.24) is 5.32 Å². The van der Waals surface area contributed by atoms with E-state index in [4.69, 9.17) is 0 Å². The fourth-order valence-corrected chi connectivity index (χ4v) is 2.89. The smallest absolute Gasteiger partial charge is 0.387 e. The van der Waals surface area contributed by atoms with Gasteiger partial charge in [0.2, 0.25) is 0 Å². The first kappa shape index (κ1) is 16.3. The SMILES string of the molecule is CC1(NCC(O)c2cccc(C(F)(F)F)c2)CCCCC1. The predicted molar refractivity (Wildman–Crippen MR) is 75.9 cm³/mol. The predicted octanol–water partition coefficient (Wildman–Crippen LogP) is 4.05. The van der Waals surface area contributed by atoms with Crippen molar-refractivity contribution in [2.45, 2.75) is 56.8 Å². The van der Waals surface area contributed by atoms with Crippen LogP contribution >= 0.6 is 0 Å². The van der Waals surface area contributed by atoms with Crippen LogP contribution in [0.2, 0.25) is 0 Å². The van der Waals surface area contributed by atoms with Gasteiger partial charge in [-0.25, -0.2) is 0 Å². The average molecular weight is 301 g/mol. The topological polar surface area (TPSA) is 32.3 Å². The highest BCUT2D eigenvalue weighted by Crippen LogP contribution is 2.31. The van der Waals surface area contributed by atoms with Crippen molar-refractivity contribution in [3.63, 3.8) is 0 Å². The molecule has 118 valence electrons. The summed E-state index contributed by atoms with van der Waals surface area (Å²) in [4.78, 5) is 0. The molecule has 0 amide bonds. The van der Waals surface area contributed by atoms with E-state index >= 15 is 0 Å². The maximum absolute atomic E-state index is 12.7. The Morgan fingerprint density at radius 3 is 2.52 bits per heavy atom. The van der Waals surface area contributed by atoms with Crippen molar-refractivity contribution >= 4 is 0 Å². The van der Waals surface area contributed by atoms with Crippen LogP contribution in [0.4, 0.5) is 13.2 Å². The summed E-state index contributed by atoms with van der Waals surface area (Å²) in [5, 5.41) is 13.4. The van der Waals surface area contributed by atoms with E-state index in [-0.39, 0.29) is 12.1 Å². The monoisotopic (exact) mass is 301 g/mol. The van der Waals surface area contributed by atoms with E-state index in [0.29, 0.717) is 5.56 Å². The van der Waals surface area contributed by atoms with Crippen LogP contribution in [0.1, 0.15) is 56.3 Å². The first-order valence-corrected chi connectivity index (χ1v) is 7.40. The van der Waals surface area contributed by atoms with Crippen LogP contribution in [-0.2, 0) is 6.18 Å². The Balaban J connectivity index is 1.98. The van der Waals surface area contributed by atoms with Crippen LogP contribution in [-0.4, -0.2) is 17.2 Å². The van der Waals surface area contributed by atoms with E-state index in [1.807, 2.05) is 0 Å². The number of aliphatic hydroxyl groups is 1. The minimum absolute atomic E-state index is 0.0130. The van der Waals surface area contributed by atoms with Gasteiger partial charge in [0.15, 0.2) is 0 Å². The number of aliphatic hydroxyl groups excluding tert-OH is 1. The third-order valence-electron chi connectivity index (χ3n) is 4.28. The molecule has 1 aromatic carbocycles. The zero-order chi connectivity index (χ0) is 15.5. The van der Waals surface area contributed by atoms with Crippen molar-refractivity contribution in [2.24, 2.45) is 0 Å². The quantitative estimate of drug-likeness (QED) is 0.879. The number of hydrogen-bond acceptors (Lipinski definition) is 2. The second-order valence-corrected chi connectivity index (χ2v) is 6.14. The zero-order valence-corrected chi connectivity index (χ0v) is 12.2. The number of nitrogens with one attached hydrogen (secondary N) is 1. The molecule has 0 heterocycles. The highest BCUT2D eigenvalue weighted by Gasteiger charge is 2.31. The molecule has 0 saturated heterocycles. The Morgan fingerprint density at radius 2 is 1.90 bits per heavy atom. The van der Waals surface area contributed by atoms with Crippen LogP contribution in [0, 0.1) is 0 Å². The van der Waals surface area contributed by atoms with Gasteiger partial charge in [0.25, 0.3) is 0 Å². The Hall–Kier alpha value is -1.07. The highest BCUT2D eigenvalue weighted by atomic mass is 19.4. The molecule has 1 aliphatic rings. The van der Waals surface area contributed by atoms with E-state index in [1.165, 1.54) is 18.6 Å². The molecule has 1 aromatic rings. The number of rotatable bonds is 4. The zero-order valence-electron chi connectivity index (χ0n) is 12.2. The molecule has 2 nitrogen and oxygen atoms in total. The van der Waals surface area contributed by atoms with Crippen molar-refractivity contribution in [3.8, 4) is 0 Å². The van der Waals surface area contributed by atoms with E-state index in [1.54, 1.807) is 0 Å². The molecule has 1 fully saturated rings. The number of halogens is 3. The molecule has 1 aliphatic carbocycles. The maximum atomic E-state index is 12.7. The summed E-state index contributed by atoms with van der Waals surface area (Å²) in [6, 6.07) is 4.91. The third-order valence-corrected chi connectivity index (χ3v) is 4.28. The molecule has 1 unspecified atom stereocenters. The number of alkyl halides is 3. The van der Waals surface area contributed by atoms with Crippen LogP contribution in [0.3, 0.4) is 0 Å². The van der Waals surface area contributed by atoms with Crippen molar-refractivity contribution in [1.29, 1.82) is 0 Å². The Labute approximate surface area is 123 Å². The molecule has 1 saturated carbocycles. The van der Waals surface area contributed by atoms with E-state index in [0.717, 1.165) is 37.8 Å². The summed E-state index contributed by atoms with van der Waals surface area (Å²) in [5.41, 5.74) is -0.430. The van der Waals surface area contributed by atoms with Crippen LogP contribution < -0.4 is 5.32 Å². The van der Waals surface area contributed by atoms with Gasteiger partial charge in [0, 0.05) is 12.1 Å². The molecule has 2 N–H and O–H groups in total. The van der Waals surface area contributed by atoms with Crippen molar-refractivity contribution in [3.05, 3.63) is 35.4 Å².